The van der Waals surface area contributed by atoms with Gasteiger partial charge in [-0.05, 0) is 56.9 Å². The highest BCUT2D eigenvalue weighted by Crippen LogP contribution is 2.22. The standard InChI is InChI=1S/C22H34ClN5O.HI/c1-16(2)29-13-12-28-10-7-19(8-11-28)27-22(24-3)25-9-6-17-15-26-21-5-4-18(23)14-20(17)21;/h4-5,14-16,19,26H,6-13H2,1-3H3,(H2,24,25,27);1H. The third kappa shape index (κ3) is 7.59. The zero-order valence-electron chi connectivity index (χ0n) is 18.2. The van der Waals surface area contributed by atoms with Crippen LogP contribution in [0.15, 0.2) is 29.4 Å². The summed E-state index contributed by atoms with van der Waals surface area (Å²) in [4.78, 5) is 10.2. The average molecular weight is 548 g/mol. The van der Waals surface area contributed by atoms with Crippen molar-refractivity contribution in [3.05, 3.63) is 35.0 Å². The number of aromatic nitrogens is 1. The monoisotopic (exact) mass is 547 g/mol. The van der Waals surface area contributed by atoms with E-state index < -0.39 is 0 Å². The van der Waals surface area contributed by atoms with Gasteiger partial charge in [-0.15, -0.1) is 24.0 Å². The van der Waals surface area contributed by atoms with Crippen LogP contribution in [-0.2, 0) is 11.2 Å². The first kappa shape index (κ1) is 25.2. The highest BCUT2D eigenvalue weighted by atomic mass is 127. The van der Waals surface area contributed by atoms with Crippen molar-refractivity contribution >= 4 is 52.4 Å². The molecule has 0 radical (unpaired) electrons. The van der Waals surface area contributed by atoms with Crippen molar-refractivity contribution < 1.29 is 4.74 Å². The van der Waals surface area contributed by atoms with E-state index in [1.54, 1.807) is 0 Å². The van der Waals surface area contributed by atoms with Crippen LogP contribution >= 0.6 is 35.6 Å². The Morgan fingerprint density at radius 1 is 1.33 bits per heavy atom. The molecule has 8 heteroatoms. The van der Waals surface area contributed by atoms with Crippen molar-refractivity contribution in [1.29, 1.82) is 0 Å². The molecular weight excluding hydrogens is 513 g/mol. The maximum absolute atomic E-state index is 6.15. The molecule has 6 nitrogen and oxygen atoms in total. The molecule has 1 aromatic heterocycles. The second-order valence-electron chi connectivity index (χ2n) is 7.93. The molecule has 1 aromatic carbocycles. The minimum Gasteiger partial charge on any atom is -0.377 e. The van der Waals surface area contributed by atoms with E-state index >= 15 is 0 Å². The van der Waals surface area contributed by atoms with Gasteiger partial charge < -0.3 is 25.3 Å². The lowest BCUT2D eigenvalue weighted by atomic mass is 10.1. The molecule has 1 aliphatic rings. The minimum absolute atomic E-state index is 0. The van der Waals surface area contributed by atoms with E-state index in [2.05, 4.69) is 45.6 Å². The fourth-order valence-electron chi connectivity index (χ4n) is 3.78. The Hall–Kier alpha value is -1.03. The third-order valence-electron chi connectivity index (χ3n) is 5.43. The van der Waals surface area contributed by atoms with Gasteiger partial charge in [-0.2, -0.15) is 0 Å². The van der Waals surface area contributed by atoms with Crippen molar-refractivity contribution in [3.8, 4) is 0 Å². The summed E-state index contributed by atoms with van der Waals surface area (Å²) in [5, 5.41) is 8.99. The summed E-state index contributed by atoms with van der Waals surface area (Å²) in [6.45, 7) is 9.04. The maximum Gasteiger partial charge on any atom is 0.191 e. The molecule has 0 amide bonds. The lowest BCUT2D eigenvalue weighted by molar-refractivity contribution is 0.0532. The molecule has 0 saturated carbocycles. The number of ether oxygens (including phenoxy) is 1. The zero-order valence-corrected chi connectivity index (χ0v) is 21.3. The number of fused-ring (bicyclic) bond motifs is 1. The number of hydrogen-bond acceptors (Lipinski definition) is 3. The number of rotatable bonds is 8. The molecule has 0 bridgehead atoms. The summed E-state index contributed by atoms with van der Waals surface area (Å²) in [5.74, 6) is 0.879. The number of hydrogen-bond donors (Lipinski definition) is 3. The zero-order chi connectivity index (χ0) is 20.6. The van der Waals surface area contributed by atoms with Crippen LogP contribution in [-0.4, -0.2) is 67.8 Å². The van der Waals surface area contributed by atoms with Gasteiger partial charge in [-0.3, -0.25) is 4.99 Å². The Morgan fingerprint density at radius 3 is 2.80 bits per heavy atom. The third-order valence-corrected chi connectivity index (χ3v) is 5.66. The van der Waals surface area contributed by atoms with Crippen molar-refractivity contribution in [2.24, 2.45) is 4.99 Å². The lowest BCUT2D eigenvalue weighted by Crippen LogP contribution is -2.49. The van der Waals surface area contributed by atoms with E-state index in [0.29, 0.717) is 12.1 Å². The number of piperidine rings is 1. The largest absolute Gasteiger partial charge is 0.377 e. The number of aromatic amines is 1. The van der Waals surface area contributed by atoms with Crippen molar-refractivity contribution in [1.82, 2.24) is 20.5 Å². The molecule has 0 aliphatic carbocycles. The highest BCUT2D eigenvalue weighted by molar-refractivity contribution is 14.0. The van der Waals surface area contributed by atoms with Gasteiger partial charge in [-0.1, -0.05) is 11.6 Å². The fourth-order valence-corrected chi connectivity index (χ4v) is 3.95. The molecule has 1 fully saturated rings. The molecule has 3 rings (SSSR count). The number of halogens is 2. The number of nitrogens with one attached hydrogen (secondary N) is 3. The minimum atomic E-state index is 0. The number of aliphatic imine (C=N–C) groups is 1. The number of likely N-dealkylation sites (tertiary alicyclic amines) is 1. The van der Waals surface area contributed by atoms with Gasteiger partial charge in [-0.25, -0.2) is 0 Å². The Bertz CT molecular complexity index is 802. The second-order valence-corrected chi connectivity index (χ2v) is 8.37. The predicted molar refractivity (Wildman–Crippen MR) is 137 cm³/mol. The number of guanidine groups is 1. The molecule has 3 N–H and O–H groups in total. The maximum atomic E-state index is 6.15. The summed E-state index contributed by atoms with van der Waals surface area (Å²) >= 11 is 6.15. The first-order chi connectivity index (χ1) is 14.0. The molecule has 30 heavy (non-hydrogen) atoms. The van der Waals surface area contributed by atoms with E-state index in [9.17, 15) is 0 Å². The Kier molecular flexibility index (Phi) is 10.7. The van der Waals surface area contributed by atoms with Crippen LogP contribution in [0.4, 0.5) is 0 Å². The van der Waals surface area contributed by atoms with E-state index in [0.717, 1.165) is 68.5 Å². The summed E-state index contributed by atoms with van der Waals surface area (Å²) in [6, 6.07) is 6.43. The summed E-state index contributed by atoms with van der Waals surface area (Å²) in [7, 11) is 1.83. The van der Waals surface area contributed by atoms with E-state index in [1.807, 2.05) is 25.2 Å². The van der Waals surface area contributed by atoms with Gasteiger partial charge in [0.1, 0.15) is 0 Å². The molecule has 2 heterocycles. The smallest absolute Gasteiger partial charge is 0.191 e. The number of H-pyrrole nitrogens is 1. The molecule has 0 unspecified atom stereocenters. The van der Waals surface area contributed by atoms with Gasteiger partial charge in [0.05, 0.1) is 12.7 Å². The molecule has 168 valence electrons. The SMILES string of the molecule is CN=C(NCCc1c[nH]c2ccc(Cl)cc12)NC1CCN(CCOC(C)C)CC1.I. The predicted octanol–water partition coefficient (Wildman–Crippen LogP) is 4.04. The summed E-state index contributed by atoms with van der Waals surface area (Å²) < 4.78 is 5.67. The molecule has 1 saturated heterocycles. The molecule has 1 aliphatic heterocycles. The molecule has 2 aromatic rings. The molecular formula is C22H35ClIN5O. The summed E-state index contributed by atoms with van der Waals surface area (Å²) in [5.41, 5.74) is 2.39. The average Bonchev–Trinajstić information content (AvgIpc) is 3.10. The van der Waals surface area contributed by atoms with Crippen LogP contribution < -0.4 is 10.6 Å². The van der Waals surface area contributed by atoms with Crippen LogP contribution in [0.2, 0.25) is 5.02 Å². The first-order valence-corrected chi connectivity index (χ1v) is 11.0. The van der Waals surface area contributed by atoms with Crippen LogP contribution in [0.5, 0.6) is 0 Å². The Morgan fingerprint density at radius 2 is 2.10 bits per heavy atom. The quantitative estimate of drug-likeness (QED) is 0.265. The van der Waals surface area contributed by atoms with Gasteiger partial charge in [0.2, 0.25) is 0 Å². The topological polar surface area (TPSA) is 64.7 Å². The Balaban J connectivity index is 0.00000320. The van der Waals surface area contributed by atoms with Gasteiger partial charge in [0.15, 0.2) is 5.96 Å². The van der Waals surface area contributed by atoms with Crippen molar-refractivity contribution in [2.75, 3.05) is 39.8 Å². The van der Waals surface area contributed by atoms with Crippen molar-refractivity contribution in [2.45, 2.75) is 45.3 Å². The normalized spacial score (nSPS) is 16.1. The van der Waals surface area contributed by atoms with Crippen LogP contribution in [0, 0.1) is 0 Å². The molecule has 0 atom stereocenters. The van der Waals surface area contributed by atoms with Gasteiger partial charge in [0, 0.05) is 61.4 Å². The lowest BCUT2D eigenvalue weighted by Gasteiger charge is -2.33. The molecule has 0 spiro atoms. The van der Waals surface area contributed by atoms with Crippen molar-refractivity contribution in [3.63, 3.8) is 0 Å². The number of benzene rings is 1. The van der Waals surface area contributed by atoms with E-state index in [4.69, 9.17) is 16.3 Å². The Labute approximate surface area is 202 Å². The van der Waals surface area contributed by atoms with E-state index in [-0.39, 0.29) is 24.0 Å². The first-order valence-electron chi connectivity index (χ1n) is 10.6. The van der Waals surface area contributed by atoms with Gasteiger partial charge >= 0.3 is 0 Å². The van der Waals surface area contributed by atoms with Crippen LogP contribution in [0.25, 0.3) is 10.9 Å². The number of nitrogens with zero attached hydrogens (tertiary/aromatic N) is 2. The fraction of sp³-hybridized carbons (Fsp3) is 0.591. The van der Waals surface area contributed by atoms with Gasteiger partial charge in [0.25, 0.3) is 0 Å². The van der Waals surface area contributed by atoms with Crippen LogP contribution in [0.1, 0.15) is 32.3 Å². The summed E-state index contributed by atoms with van der Waals surface area (Å²) in [6.07, 6.45) is 5.55. The highest BCUT2D eigenvalue weighted by Gasteiger charge is 2.19. The second kappa shape index (κ2) is 12.7. The van der Waals surface area contributed by atoms with E-state index in [1.165, 1.54) is 10.9 Å². The van der Waals surface area contributed by atoms with Crippen LogP contribution in [0.3, 0.4) is 0 Å².